The number of anilines is 1. The van der Waals surface area contributed by atoms with E-state index in [0.29, 0.717) is 41.1 Å². The molecule has 9 heteroatoms. The first-order valence-electron chi connectivity index (χ1n) is 9.34. The monoisotopic (exact) mass is 444 g/mol. The normalized spacial score (nSPS) is 14.2. The predicted octanol–water partition coefficient (Wildman–Crippen LogP) is 3.84. The first-order valence-corrected chi connectivity index (χ1v) is 10.1. The van der Waals surface area contributed by atoms with E-state index < -0.39 is 11.9 Å². The number of halogens is 2. The van der Waals surface area contributed by atoms with E-state index in [1.165, 1.54) is 0 Å². The average molecular weight is 445 g/mol. The number of hydrogen-bond acceptors (Lipinski definition) is 4. The summed E-state index contributed by atoms with van der Waals surface area (Å²) in [5, 5.41) is 20.0. The Morgan fingerprint density at radius 1 is 1.10 bits per heavy atom. The van der Waals surface area contributed by atoms with Crippen LogP contribution in [0.5, 0.6) is 0 Å². The largest absolute Gasteiger partial charge is 0.478 e. The van der Waals surface area contributed by atoms with Crippen LogP contribution in [-0.2, 0) is 14.4 Å². The SMILES string of the molecule is CCCN(C(=O)CC1CCNCC1)c1ccc(Cl)c(Cl)c1.O=C(O)/C=C/C(=O)O. The Morgan fingerprint density at radius 3 is 2.17 bits per heavy atom. The number of carboxylic acid groups (broad SMARTS) is 2. The van der Waals surface area contributed by atoms with Gasteiger partial charge in [-0.3, -0.25) is 4.79 Å². The topological polar surface area (TPSA) is 107 Å². The van der Waals surface area contributed by atoms with Crippen molar-refractivity contribution in [2.24, 2.45) is 5.92 Å². The molecule has 3 N–H and O–H groups in total. The third-order valence-corrected chi connectivity index (χ3v) is 4.99. The number of piperidine rings is 1. The van der Waals surface area contributed by atoms with Crippen molar-refractivity contribution >= 4 is 46.7 Å². The summed E-state index contributed by atoms with van der Waals surface area (Å²) >= 11 is 12.0. The van der Waals surface area contributed by atoms with Gasteiger partial charge in [0.15, 0.2) is 0 Å². The second kappa shape index (κ2) is 13.2. The van der Waals surface area contributed by atoms with Crippen LogP contribution in [0.1, 0.15) is 32.6 Å². The summed E-state index contributed by atoms with van der Waals surface area (Å²) < 4.78 is 0. The lowest BCUT2D eigenvalue weighted by molar-refractivity contribution is -0.134. The summed E-state index contributed by atoms with van der Waals surface area (Å²) in [6, 6.07) is 5.39. The minimum Gasteiger partial charge on any atom is -0.478 e. The molecule has 1 amide bonds. The van der Waals surface area contributed by atoms with Crippen LogP contribution in [-0.4, -0.2) is 47.7 Å². The van der Waals surface area contributed by atoms with Crippen LogP contribution in [0.15, 0.2) is 30.4 Å². The zero-order valence-electron chi connectivity index (χ0n) is 16.2. The Labute approximate surface area is 180 Å². The molecular weight excluding hydrogens is 419 g/mol. The lowest BCUT2D eigenvalue weighted by Gasteiger charge is -2.27. The molecule has 1 aromatic carbocycles. The molecule has 0 aromatic heterocycles. The van der Waals surface area contributed by atoms with Crippen molar-refractivity contribution in [3.8, 4) is 0 Å². The van der Waals surface area contributed by atoms with Gasteiger partial charge in [-0.25, -0.2) is 9.59 Å². The molecule has 7 nitrogen and oxygen atoms in total. The van der Waals surface area contributed by atoms with Crippen molar-refractivity contribution in [1.29, 1.82) is 0 Å². The average Bonchev–Trinajstić information content (AvgIpc) is 2.68. The van der Waals surface area contributed by atoms with Crippen LogP contribution in [0.2, 0.25) is 10.0 Å². The molecule has 160 valence electrons. The Morgan fingerprint density at radius 2 is 1.69 bits per heavy atom. The molecule has 1 aliphatic rings. The number of nitrogens with zero attached hydrogens (tertiary/aromatic N) is 1. The van der Waals surface area contributed by atoms with E-state index in [-0.39, 0.29) is 5.91 Å². The van der Waals surface area contributed by atoms with Gasteiger partial charge < -0.3 is 20.4 Å². The van der Waals surface area contributed by atoms with Crippen LogP contribution in [0.25, 0.3) is 0 Å². The fraction of sp³-hybridized carbons (Fsp3) is 0.450. The van der Waals surface area contributed by atoms with E-state index in [1.54, 1.807) is 12.1 Å². The van der Waals surface area contributed by atoms with Crippen molar-refractivity contribution in [1.82, 2.24) is 5.32 Å². The Bertz CT molecular complexity index is 718. The number of carbonyl (C=O) groups is 3. The second-order valence-electron chi connectivity index (χ2n) is 6.55. The van der Waals surface area contributed by atoms with Gasteiger partial charge in [-0.1, -0.05) is 30.1 Å². The number of amides is 1. The van der Waals surface area contributed by atoms with Crippen LogP contribution >= 0.6 is 23.2 Å². The lowest BCUT2D eigenvalue weighted by atomic mass is 9.94. The third-order valence-electron chi connectivity index (χ3n) is 4.25. The number of aliphatic carboxylic acids is 2. The molecule has 1 heterocycles. The molecule has 1 aromatic rings. The van der Waals surface area contributed by atoms with Gasteiger partial charge in [0.25, 0.3) is 0 Å². The zero-order chi connectivity index (χ0) is 21.8. The summed E-state index contributed by atoms with van der Waals surface area (Å²) in [6.07, 6.45) is 4.80. The summed E-state index contributed by atoms with van der Waals surface area (Å²) in [7, 11) is 0. The summed E-state index contributed by atoms with van der Waals surface area (Å²) in [5.41, 5.74) is 0.838. The highest BCUT2D eigenvalue weighted by molar-refractivity contribution is 6.42. The lowest BCUT2D eigenvalue weighted by Crippen LogP contribution is -2.35. The van der Waals surface area contributed by atoms with E-state index in [0.717, 1.165) is 38.0 Å². The molecule has 0 unspecified atom stereocenters. The number of hydrogen-bond donors (Lipinski definition) is 3. The van der Waals surface area contributed by atoms with Crippen molar-refractivity contribution < 1.29 is 24.6 Å². The summed E-state index contributed by atoms with van der Waals surface area (Å²) in [5.74, 6) is -1.84. The van der Waals surface area contributed by atoms with Crippen molar-refractivity contribution in [3.05, 3.63) is 40.4 Å². The maximum Gasteiger partial charge on any atom is 0.328 e. The molecule has 0 radical (unpaired) electrons. The minimum absolute atomic E-state index is 0.183. The van der Waals surface area contributed by atoms with E-state index in [2.05, 4.69) is 12.2 Å². The van der Waals surface area contributed by atoms with Crippen molar-refractivity contribution in [2.75, 3.05) is 24.5 Å². The molecular formula is C20H26Cl2N2O5. The Kier molecular flexibility index (Phi) is 11.3. The predicted molar refractivity (Wildman–Crippen MR) is 114 cm³/mol. The van der Waals surface area contributed by atoms with Gasteiger partial charge in [0.05, 0.1) is 10.0 Å². The Hall–Kier alpha value is -2.09. The van der Waals surface area contributed by atoms with Gasteiger partial charge in [-0.05, 0) is 56.5 Å². The standard InChI is InChI=1S/C16H22Cl2N2O.C4H4O4/c1-2-9-20(13-3-4-14(17)15(18)11-13)16(21)10-12-5-7-19-8-6-12;5-3(6)1-2-4(7)8/h3-4,11-12,19H,2,5-10H2,1H3;1-2H,(H,5,6)(H,7,8)/b;2-1+. The molecule has 1 aliphatic heterocycles. The number of benzene rings is 1. The molecule has 29 heavy (non-hydrogen) atoms. The van der Waals surface area contributed by atoms with E-state index >= 15 is 0 Å². The van der Waals surface area contributed by atoms with E-state index in [1.807, 2.05) is 11.0 Å². The molecule has 0 aliphatic carbocycles. The maximum absolute atomic E-state index is 12.6. The van der Waals surface area contributed by atoms with Crippen LogP contribution in [0.4, 0.5) is 5.69 Å². The number of nitrogens with one attached hydrogen (secondary N) is 1. The van der Waals surface area contributed by atoms with Crippen LogP contribution < -0.4 is 10.2 Å². The van der Waals surface area contributed by atoms with Gasteiger partial charge in [0.1, 0.15) is 0 Å². The van der Waals surface area contributed by atoms with Gasteiger partial charge in [0.2, 0.25) is 5.91 Å². The van der Waals surface area contributed by atoms with Crippen LogP contribution in [0, 0.1) is 5.92 Å². The quantitative estimate of drug-likeness (QED) is 0.551. The van der Waals surface area contributed by atoms with Gasteiger partial charge in [-0.2, -0.15) is 0 Å². The summed E-state index contributed by atoms with van der Waals surface area (Å²) in [6.45, 7) is 4.81. The second-order valence-corrected chi connectivity index (χ2v) is 7.37. The van der Waals surface area contributed by atoms with Crippen LogP contribution in [0.3, 0.4) is 0 Å². The maximum atomic E-state index is 12.6. The van der Waals surface area contributed by atoms with Crippen molar-refractivity contribution in [2.45, 2.75) is 32.6 Å². The first-order chi connectivity index (χ1) is 13.7. The fourth-order valence-corrected chi connectivity index (χ4v) is 3.15. The van der Waals surface area contributed by atoms with Gasteiger partial charge in [-0.15, -0.1) is 0 Å². The number of carboxylic acids is 2. The minimum atomic E-state index is -1.26. The molecule has 0 saturated carbocycles. The molecule has 0 bridgehead atoms. The molecule has 0 spiro atoms. The number of rotatable bonds is 7. The zero-order valence-corrected chi connectivity index (χ0v) is 17.7. The third kappa shape index (κ3) is 9.78. The molecule has 1 fully saturated rings. The highest BCUT2D eigenvalue weighted by atomic mass is 35.5. The molecule has 0 atom stereocenters. The molecule has 2 rings (SSSR count). The fourth-order valence-electron chi connectivity index (χ4n) is 2.86. The highest BCUT2D eigenvalue weighted by Crippen LogP contribution is 2.28. The first kappa shape index (κ1) is 24.9. The smallest absolute Gasteiger partial charge is 0.328 e. The van der Waals surface area contributed by atoms with E-state index in [9.17, 15) is 14.4 Å². The summed E-state index contributed by atoms with van der Waals surface area (Å²) in [4.78, 5) is 33.6. The number of carbonyl (C=O) groups excluding carboxylic acids is 1. The van der Waals surface area contributed by atoms with E-state index in [4.69, 9.17) is 33.4 Å². The van der Waals surface area contributed by atoms with Gasteiger partial charge >= 0.3 is 11.9 Å². The Balaban J connectivity index is 0.000000447. The van der Waals surface area contributed by atoms with Gasteiger partial charge in [0, 0.05) is 30.8 Å². The van der Waals surface area contributed by atoms with Crippen molar-refractivity contribution in [3.63, 3.8) is 0 Å². The highest BCUT2D eigenvalue weighted by Gasteiger charge is 2.22. The molecule has 1 saturated heterocycles.